The van der Waals surface area contributed by atoms with Gasteiger partial charge in [-0.15, -0.1) is 24.0 Å². The van der Waals surface area contributed by atoms with Crippen molar-refractivity contribution in [1.82, 2.24) is 10.2 Å². The van der Waals surface area contributed by atoms with E-state index in [4.69, 9.17) is 4.99 Å². The van der Waals surface area contributed by atoms with E-state index in [0.29, 0.717) is 11.8 Å². The molecule has 1 aromatic carbocycles. The molecule has 1 unspecified atom stereocenters. The van der Waals surface area contributed by atoms with Crippen LogP contribution in [0, 0.1) is 5.92 Å². The van der Waals surface area contributed by atoms with E-state index in [0.717, 1.165) is 63.9 Å². The second kappa shape index (κ2) is 9.94. The van der Waals surface area contributed by atoms with Crippen LogP contribution >= 0.6 is 24.0 Å². The number of rotatable bonds is 7. The molecule has 1 aliphatic carbocycles. The molecule has 154 valence electrons. The Morgan fingerprint density at radius 3 is 2.79 bits per heavy atom. The van der Waals surface area contributed by atoms with E-state index in [1.54, 1.807) is 0 Å². The van der Waals surface area contributed by atoms with Gasteiger partial charge in [0.15, 0.2) is 5.96 Å². The first-order valence-corrected chi connectivity index (χ1v) is 10.7. The Morgan fingerprint density at radius 1 is 1.25 bits per heavy atom. The highest BCUT2D eigenvalue weighted by atomic mass is 127. The molecule has 0 spiro atoms. The molecule has 4 rings (SSSR count). The quantitative estimate of drug-likeness (QED) is 0.353. The number of carbonyl (C=O) groups excluding carboxylic acids is 1. The summed E-state index contributed by atoms with van der Waals surface area (Å²) in [6.45, 7) is 6.70. The van der Waals surface area contributed by atoms with Gasteiger partial charge in [0.25, 0.3) is 0 Å². The zero-order chi connectivity index (χ0) is 18.6. The van der Waals surface area contributed by atoms with Crippen LogP contribution in [0.2, 0.25) is 0 Å². The first kappa shape index (κ1) is 21.4. The van der Waals surface area contributed by atoms with Gasteiger partial charge in [0, 0.05) is 50.7 Å². The number of guanidine groups is 1. The predicted octanol–water partition coefficient (Wildman–Crippen LogP) is 3.99. The summed E-state index contributed by atoms with van der Waals surface area (Å²) < 4.78 is 0. The van der Waals surface area contributed by atoms with Gasteiger partial charge in [0.1, 0.15) is 0 Å². The summed E-state index contributed by atoms with van der Waals surface area (Å²) in [6, 6.07) is 8.71. The summed E-state index contributed by atoms with van der Waals surface area (Å²) >= 11 is 0. The molecule has 2 heterocycles. The first-order valence-electron chi connectivity index (χ1n) is 10.7. The maximum absolute atomic E-state index is 11.9. The molecule has 1 N–H and O–H groups in total. The highest BCUT2D eigenvalue weighted by Crippen LogP contribution is 2.38. The third-order valence-electron chi connectivity index (χ3n) is 6.08. The molecule has 2 fully saturated rings. The van der Waals surface area contributed by atoms with Crippen molar-refractivity contribution >= 4 is 41.5 Å². The number of anilines is 1. The number of nitrogens with zero attached hydrogens (tertiary/aromatic N) is 3. The van der Waals surface area contributed by atoms with Crippen LogP contribution in [-0.4, -0.2) is 49.5 Å². The summed E-state index contributed by atoms with van der Waals surface area (Å²) in [6.07, 6.45) is 6.76. The van der Waals surface area contributed by atoms with Gasteiger partial charge in [0.05, 0.1) is 0 Å². The lowest BCUT2D eigenvalue weighted by Crippen LogP contribution is -2.41. The number of hydrogen-bond donors (Lipinski definition) is 1. The van der Waals surface area contributed by atoms with Gasteiger partial charge in [-0.1, -0.05) is 31.0 Å². The summed E-state index contributed by atoms with van der Waals surface area (Å²) in [5.74, 6) is 2.72. The SMILES string of the molecule is CCNC(=NCCC1CC1)N1CC(CCN2CCCC2=O)c2ccccc21.I. The lowest BCUT2D eigenvalue weighted by atomic mass is 9.98. The van der Waals surface area contributed by atoms with Crippen molar-refractivity contribution in [3.05, 3.63) is 29.8 Å². The van der Waals surface area contributed by atoms with Crippen LogP contribution in [0.15, 0.2) is 29.3 Å². The fraction of sp³-hybridized carbons (Fsp3) is 0.636. The maximum Gasteiger partial charge on any atom is 0.222 e. The van der Waals surface area contributed by atoms with Gasteiger partial charge in [-0.2, -0.15) is 0 Å². The van der Waals surface area contributed by atoms with E-state index >= 15 is 0 Å². The highest BCUT2D eigenvalue weighted by Gasteiger charge is 2.32. The standard InChI is InChI=1S/C22H32N4O.HI/c1-2-23-22(24-13-11-17-9-10-17)26-16-18(19-6-3-4-7-20(19)26)12-15-25-14-5-8-21(25)27;/h3-4,6-7,17-18H,2,5,8-16H2,1H3,(H,23,24);1H. The normalized spacial score (nSPS) is 21.7. The Kier molecular flexibility index (Phi) is 7.60. The van der Waals surface area contributed by atoms with Crippen molar-refractivity contribution in [2.24, 2.45) is 10.9 Å². The number of hydrogen-bond acceptors (Lipinski definition) is 2. The van der Waals surface area contributed by atoms with Crippen LogP contribution < -0.4 is 10.2 Å². The smallest absolute Gasteiger partial charge is 0.222 e. The third kappa shape index (κ3) is 4.99. The van der Waals surface area contributed by atoms with Crippen LogP contribution in [0.25, 0.3) is 0 Å². The molecule has 28 heavy (non-hydrogen) atoms. The number of carbonyl (C=O) groups is 1. The fourth-order valence-electron chi connectivity index (χ4n) is 4.35. The number of aliphatic imine (C=N–C) groups is 1. The lowest BCUT2D eigenvalue weighted by Gasteiger charge is -2.23. The topological polar surface area (TPSA) is 47.9 Å². The number of fused-ring (bicyclic) bond motifs is 1. The van der Waals surface area contributed by atoms with E-state index in [9.17, 15) is 4.79 Å². The van der Waals surface area contributed by atoms with Crippen molar-refractivity contribution < 1.29 is 4.79 Å². The molecule has 1 atom stereocenters. The van der Waals surface area contributed by atoms with E-state index in [1.165, 1.54) is 30.5 Å². The molecule has 0 aromatic heterocycles. The second-order valence-electron chi connectivity index (χ2n) is 8.11. The van der Waals surface area contributed by atoms with Gasteiger partial charge >= 0.3 is 0 Å². The lowest BCUT2D eigenvalue weighted by molar-refractivity contribution is -0.127. The van der Waals surface area contributed by atoms with Crippen LogP contribution in [-0.2, 0) is 4.79 Å². The van der Waals surface area contributed by atoms with Crippen molar-refractivity contribution in [3.8, 4) is 0 Å². The molecule has 0 radical (unpaired) electrons. The summed E-state index contributed by atoms with van der Waals surface area (Å²) in [7, 11) is 0. The molecule has 6 heteroatoms. The molecule has 0 bridgehead atoms. The molecule has 1 amide bonds. The Balaban J connectivity index is 0.00000225. The van der Waals surface area contributed by atoms with Crippen molar-refractivity contribution in [3.63, 3.8) is 0 Å². The molecular formula is C22H33IN4O. The largest absolute Gasteiger partial charge is 0.356 e. The molecule has 5 nitrogen and oxygen atoms in total. The summed E-state index contributed by atoms with van der Waals surface area (Å²) in [5.41, 5.74) is 2.68. The average molecular weight is 496 g/mol. The van der Waals surface area contributed by atoms with Crippen molar-refractivity contribution in [2.75, 3.05) is 37.6 Å². The number of benzene rings is 1. The number of para-hydroxylation sites is 1. The predicted molar refractivity (Wildman–Crippen MR) is 126 cm³/mol. The highest BCUT2D eigenvalue weighted by molar-refractivity contribution is 14.0. The Morgan fingerprint density at radius 2 is 2.07 bits per heavy atom. The number of likely N-dealkylation sites (tertiary alicyclic amines) is 1. The molecule has 1 saturated carbocycles. The minimum atomic E-state index is 0. The number of nitrogens with one attached hydrogen (secondary N) is 1. The zero-order valence-electron chi connectivity index (χ0n) is 16.9. The monoisotopic (exact) mass is 496 g/mol. The Bertz CT molecular complexity index is 704. The van der Waals surface area contributed by atoms with Crippen LogP contribution in [0.1, 0.15) is 56.9 Å². The van der Waals surface area contributed by atoms with E-state index in [-0.39, 0.29) is 24.0 Å². The third-order valence-corrected chi connectivity index (χ3v) is 6.08. The summed E-state index contributed by atoms with van der Waals surface area (Å²) in [5, 5.41) is 3.50. The van der Waals surface area contributed by atoms with E-state index in [1.807, 2.05) is 4.90 Å². The minimum Gasteiger partial charge on any atom is -0.356 e. The Hall–Kier alpha value is -1.31. The summed E-state index contributed by atoms with van der Waals surface area (Å²) in [4.78, 5) is 21.3. The molecule has 1 aromatic rings. The van der Waals surface area contributed by atoms with Crippen LogP contribution in [0.3, 0.4) is 0 Å². The first-order chi connectivity index (χ1) is 13.3. The minimum absolute atomic E-state index is 0. The average Bonchev–Trinajstić information content (AvgIpc) is 3.30. The van der Waals surface area contributed by atoms with E-state index in [2.05, 4.69) is 41.4 Å². The number of halogens is 1. The molecule has 1 saturated heterocycles. The maximum atomic E-state index is 11.9. The van der Waals surface area contributed by atoms with Crippen LogP contribution in [0.4, 0.5) is 5.69 Å². The number of amides is 1. The van der Waals surface area contributed by atoms with Crippen LogP contribution in [0.5, 0.6) is 0 Å². The van der Waals surface area contributed by atoms with Crippen molar-refractivity contribution in [2.45, 2.75) is 51.4 Å². The van der Waals surface area contributed by atoms with Gasteiger partial charge in [-0.05, 0) is 43.7 Å². The van der Waals surface area contributed by atoms with Crippen molar-refractivity contribution in [1.29, 1.82) is 0 Å². The van der Waals surface area contributed by atoms with Gasteiger partial charge in [0.2, 0.25) is 5.91 Å². The van der Waals surface area contributed by atoms with Gasteiger partial charge in [-0.25, -0.2) is 0 Å². The van der Waals surface area contributed by atoms with E-state index < -0.39 is 0 Å². The molecular weight excluding hydrogens is 463 g/mol. The second-order valence-corrected chi connectivity index (χ2v) is 8.11. The van der Waals surface area contributed by atoms with Gasteiger partial charge in [-0.3, -0.25) is 9.79 Å². The van der Waals surface area contributed by atoms with Gasteiger partial charge < -0.3 is 15.1 Å². The Labute approximate surface area is 186 Å². The fourth-order valence-corrected chi connectivity index (χ4v) is 4.35. The zero-order valence-corrected chi connectivity index (χ0v) is 19.2. The molecule has 2 aliphatic heterocycles. The molecule has 3 aliphatic rings.